The molecule has 4 heterocycles. The molecule has 2 amide bonds. The molecular formula is C26H30N6O3. The number of nitrogens with zero attached hydrogens (tertiary/aromatic N) is 5. The lowest BCUT2D eigenvalue weighted by atomic mass is 9.89. The van der Waals surface area contributed by atoms with Crippen molar-refractivity contribution >= 4 is 22.7 Å². The molecule has 35 heavy (non-hydrogen) atoms. The maximum atomic E-state index is 13.4. The molecule has 9 heteroatoms. The molecule has 1 aromatic carbocycles. The van der Waals surface area contributed by atoms with Crippen LogP contribution < -0.4 is 4.74 Å². The van der Waals surface area contributed by atoms with Crippen molar-refractivity contribution in [3.8, 4) is 5.75 Å². The zero-order valence-corrected chi connectivity index (χ0v) is 20.1. The van der Waals surface area contributed by atoms with E-state index in [2.05, 4.69) is 20.4 Å². The van der Waals surface area contributed by atoms with Gasteiger partial charge in [0.2, 0.25) is 5.91 Å². The molecular weight excluding hydrogens is 444 g/mol. The Morgan fingerprint density at radius 1 is 1.09 bits per heavy atom. The Bertz CT molecular complexity index is 1270. The van der Waals surface area contributed by atoms with Gasteiger partial charge in [0.25, 0.3) is 5.91 Å². The van der Waals surface area contributed by atoms with Crippen LogP contribution in [0.1, 0.15) is 42.1 Å². The number of H-pyrrole nitrogens is 1. The maximum Gasteiger partial charge on any atom is 0.272 e. The molecule has 0 saturated carbocycles. The Hall–Kier alpha value is -3.49. The first-order valence-corrected chi connectivity index (χ1v) is 12.5. The number of fused-ring (bicyclic) bond motifs is 3. The molecule has 3 atom stereocenters. The number of carbonyl (C=O) groups excluding carboxylic acids is 2. The number of carbonyl (C=O) groups is 2. The van der Waals surface area contributed by atoms with Crippen molar-refractivity contribution in [2.75, 3.05) is 26.2 Å². The van der Waals surface area contributed by atoms with Gasteiger partial charge in [0.05, 0.1) is 23.0 Å². The average Bonchev–Trinajstić information content (AvgIpc) is 3.57. The lowest BCUT2D eigenvalue weighted by molar-refractivity contribution is -0.135. The van der Waals surface area contributed by atoms with Gasteiger partial charge in [-0.05, 0) is 38.8 Å². The summed E-state index contributed by atoms with van der Waals surface area (Å²) in [6, 6.07) is 9.52. The van der Waals surface area contributed by atoms with Crippen LogP contribution in [0.3, 0.4) is 0 Å². The third-order valence-corrected chi connectivity index (χ3v) is 7.58. The lowest BCUT2D eigenvalue weighted by Crippen LogP contribution is -2.40. The number of para-hydroxylation sites is 1. The van der Waals surface area contributed by atoms with E-state index in [9.17, 15) is 9.59 Å². The van der Waals surface area contributed by atoms with E-state index in [4.69, 9.17) is 4.74 Å². The van der Waals surface area contributed by atoms with Crippen LogP contribution in [-0.4, -0.2) is 74.3 Å². The third-order valence-electron chi connectivity index (χ3n) is 7.58. The van der Waals surface area contributed by atoms with Crippen LogP contribution in [0.4, 0.5) is 0 Å². The normalized spacial score (nSPS) is 23.6. The molecule has 1 N–H and O–H groups in total. The van der Waals surface area contributed by atoms with Crippen LogP contribution in [-0.2, 0) is 17.6 Å². The van der Waals surface area contributed by atoms with Crippen LogP contribution >= 0.6 is 0 Å². The molecule has 2 fully saturated rings. The molecule has 2 aliphatic heterocycles. The predicted octanol–water partition coefficient (Wildman–Crippen LogP) is 2.48. The quantitative estimate of drug-likeness (QED) is 0.623. The van der Waals surface area contributed by atoms with Crippen LogP contribution in [0.25, 0.3) is 10.9 Å². The molecule has 0 radical (unpaired) electrons. The molecule has 2 aromatic heterocycles. The first kappa shape index (κ1) is 22.0. The Morgan fingerprint density at radius 3 is 2.60 bits per heavy atom. The summed E-state index contributed by atoms with van der Waals surface area (Å²) in [5, 5.41) is 11.9. The zero-order chi connectivity index (χ0) is 24.1. The Kier molecular flexibility index (Phi) is 5.42. The number of aromatic nitrogens is 4. The van der Waals surface area contributed by atoms with Gasteiger partial charge in [-0.1, -0.05) is 17.3 Å². The van der Waals surface area contributed by atoms with Crippen molar-refractivity contribution in [2.24, 2.45) is 17.8 Å². The lowest BCUT2D eigenvalue weighted by Gasteiger charge is -2.27. The van der Waals surface area contributed by atoms with Gasteiger partial charge in [-0.25, -0.2) is 4.98 Å². The highest BCUT2D eigenvalue weighted by Crippen LogP contribution is 2.35. The Balaban J connectivity index is 1.13. The molecule has 2 saturated heterocycles. The van der Waals surface area contributed by atoms with Crippen LogP contribution in [0.15, 0.2) is 30.3 Å². The minimum Gasteiger partial charge on any atom is -0.490 e. The first-order chi connectivity index (χ1) is 17.0. The van der Waals surface area contributed by atoms with E-state index in [0.717, 1.165) is 35.1 Å². The largest absolute Gasteiger partial charge is 0.490 e. The van der Waals surface area contributed by atoms with E-state index >= 15 is 0 Å². The van der Waals surface area contributed by atoms with E-state index in [-0.39, 0.29) is 23.8 Å². The maximum absolute atomic E-state index is 13.4. The van der Waals surface area contributed by atoms with Gasteiger partial charge in [-0.2, -0.15) is 0 Å². The van der Waals surface area contributed by atoms with Crippen molar-refractivity contribution in [3.05, 3.63) is 47.4 Å². The molecule has 182 valence electrons. The van der Waals surface area contributed by atoms with E-state index in [1.54, 1.807) is 6.07 Å². The summed E-state index contributed by atoms with van der Waals surface area (Å²) in [6.07, 6.45) is 2.32. The Labute approximate surface area is 203 Å². The number of pyridine rings is 1. The van der Waals surface area contributed by atoms with E-state index in [0.29, 0.717) is 55.9 Å². The van der Waals surface area contributed by atoms with Gasteiger partial charge in [0, 0.05) is 61.8 Å². The van der Waals surface area contributed by atoms with Crippen molar-refractivity contribution < 1.29 is 14.3 Å². The summed E-state index contributed by atoms with van der Waals surface area (Å²) >= 11 is 0. The average molecular weight is 475 g/mol. The zero-order valence-electron chi connectivity index (χ0n) is 20.1. The van der Waals surface area contributed by atoms with E-state index in [1.165, 1.54) is 0 Å². The van der Waals surface area contributed by atoms with Gasteiger partial charge >= 0.3 is 0 Å². The van der Waals surface area contributed by atoms with Gasteiger partial charge in [0.15, 0.2) is 0 Å². The standard InChI is InChI=1S/C26H30N6O3/c1-15(2)35-24-10-23(27-20-6-4-3-5-19(20)24)26(34)32-13-17-11-31(12-18(17)14-32)25(33)16-7-8-21-22(9-16)29-30-28-21/h3-6,10,15-18H,7-9,11-14H2,1-2H3,(H,28,29,30)/t16-,17-,18-/m1/s1. The fraction of sp³-hybridized carbons (Fsp3) is 0.500. The van der Waals surface area contributed by atoms with Crippen LogP contribution in [0.5, 0.6) is 5.75 Å². The van der Waals surface area contributed by atoms with Crippen molar-refractivity contribution in [1.29, 1.82) is 0 Å². The highest BCUT2D eigenvalue weighted by atomic mass is 16.5. The Morgan fingerprint density at radius 2 is 1.83 bits per heavy atom. The minimum absolute atomic E-state index is 0.00142. The number of likely N-dealkylation sites (tertiary alicyclic amines) is 2. The van der Waals surface area contributed by atoms with Gasteiger partial charge in [-0.15, -0.1) is 5.10 Å². The molecule has 1 aliphatic carbocycles. The van der Waals surface area contributed by atoms with Crippen molar-refractivity contribution in [2.45, 2.75) is 39.2 Å². The summed E-state index contributed by atoms with van der Waals surface area (Å²) in [5.74, 6) is 1.43. The molecule has 9 nitrogen and oxygen atoms in total. The second-order valence-corrected chi connectivity index (χ2v) is 10.3. The predicted molar refractivity (Wildman–Crippen MR) is 129 cm³/mol. The molecule has 0 spiro atoms. The van der Waals surface area contributed by atoms with Gasteiger partial charge in [-0.3, -0.25) is 14.7 Å². The molecule has 3 aliphatic rings. The van der Waals surface area contributed by atoms with Gasteiger partial charge < -0.3 is 14.5 Å². The van der Waals surface area contributed by atoms with E-state index in [1.807, 2.05) is 47.9 Å². The topological polar surface area (TPSA) is 104 Å². The number of amides is 2. The second kappa shape index (κ2) is 8.62. The second-order valence-electron chi connectivity index (χ2n) is 10.3. The highest BCUT2D eigenvalue weighted by Gasteiger charge is 2.44. The molecule has 6 rings (SSSR count). The smallest absolute Gasteiger partial charge is 0.272 e. The van der Waals surface area contributed by atoms with Gasteiger partial charge in [0.1, 0.15) is 11.4 Å². The number of hydrogen-bond acceptors (Lipinski definition) is 6. The summed E-state index contributed by atoms with van der Waals surface area (Å²) < 4.78 is 6.01. The highest BCUT2D eigenvalue weighted by molar-refractivity contribution is 5.97. The number of ether oxygens (including phenoxy) is 1. The summed E-state index contributed by atoms with van der Waals surface area (Å²) in [5.41, 5.74) is 3.16. The SMILES string of the molecule is CC(C)Oc1cc(C(=O)N2C[C@H]3CN(C(=O)[C@@H]4CCc5[nH]nnc5C4)C[C@@H]3C2)nc2ccccc12. The number of aryl methyl sites for hydroxylation is 1. The number of rotatable bonds is 4. The monoisotopic (exact) mass is 474 g/mol. The number of hydrogen-bond donors (Lipinski definition) is 1. The third kappa shape index (κ3) is 4.02. The number of aromatic amines is 1. The summed E-state index contributed by atoms with van der Waals surface area (Å²) in [6.45, 7) is 6.68. The number of benzene rings is 1. The summed E-state index contributed by atoms with van der Waals surface area (Å²) in [7, 11) is 0. The minimum atomic E-state index is -0.0672. The molecule has 3 aromatic rings. The first-order valence-electron chi connectivity index (χ1n) is 12.5. The van der Waals surface area contributed by atoms with Crippen molar-refractivity contribution in [1.82, 2.24) is 30.2 Å². The fourth-order valence-corrected chi connectivity index (χ4v) is 5.86. The summed E-state index contributed by atoms with van der Waals surface area (Å²) in [4.78, 5) is 35.2. The van der Waals surface area contributed by atoms with E-state index < -0.39 is 0 Å². The number of nitrogens with one attached hydrogen (secondary N) is 1. The molecule has 0 bridgehead atoms. The molecule has 0 unspecified atom stereocenters. The van der Waals surface area contributed by atoms with Crippen LogP contribution in [0.2, 0.25) is 0 Å². The van der Waals surface area contributed by atoms with Crippen LogP contribution in [0, 0.1) is 17.8 Å². The van der Waals surface area contributed by atoms with Crippen molar-refractivity contribution in [3.63, 3.8) is 0 Å². The fourth-order valence-electron chi connectivity index (χ4n) is 5.86.